The van der Waals surface area contributed by atoms with Gasteiger partial charge in [-0.3, -0.25) is 14.6 Å². The summed E-state index contributed by atoms with van der Waals surface area (Å²) in [5.74, 6) is 0.147. The van der Waals surface area contributed by atoms with E-state index in [1.165, 1.54) is 12.8 Å². The molecule has 1 amide bonds. The second-order valence-corrected chi connectivity index (χ2v) is 7.33. The van der Waals surface area contributed by atoms with Crippen molar-refractivity contribution >= 4 is 30.7 Å². The van der Waals surface area contributed by atoms with E-state index in [0.717, 1.165) is 51.4 Å². The molecule has 2 aliphatic rings. The van der Waals surface area contributed by atoms with Crippen molar-refractivity contribution in [2.45, 2.75) is 58.7 Å². The lowest BCUT2D eigenvalue weighted by Crippen LogP contribution is -2.53. The predicted molar refractivity (Wildman–Crippen MR) is 105 cm³/mol. The third kappa shape index (κ3) is 6.03. The number of carbonyl (C=O) groups excluding carboxylic acids is 1. The van der Waals surface area contributed by atoms with Gasteiger partial charge in [-0.15, -0.1) is 24.8 Å². The van der Waals surface area contributed by atoms with Crippen molar-refractivity contribution in [3.63, 3.8) is 0 Å². The maximum atomic E-state index is 12.3. The number of hydrogen-bond acceptors (Lipinski definition) is 4. The Bertz CT molecular complexity index is 366. The zero-order valence-electron chi connectivity index (χ0n) is 15.6. The van der Waals surface area contributed by atoms with E-state index in [-0.39, 0.29) is 42.7 Å². The lowest BCUT2D eigenvalue weighted by molar-refractivity contribution is -0.137. The molecule has 7 heteroatoms. The minimum Gasteiger partial charge on any atom is -0.340 e. The molecule has 0 saturated carbocycles. The van der Waals surface area contributed by atoms with Gasteiger partial charge in [0.2, 0.25) is 5.91 Å². The summed E-state index contributed by atoms with van der Waals surface area (Å²) >= 11 is 0. The smallest absolute Gasteiger partial charge is 0.227 e. The van der Waals surface area contributed by atoms with E-state index < -0.39 is 0 Å². The quantitative estimate of drug-likeness (QED) is 0.787. The van der Waals surface area contributed by atoms with Crippen molar-refractivity contribution in [2.24, 2.45) is 11.7 Å². The minimum atomic E-state index is -0.0714. The van der Waals surface area contributed by atoms with Crippen LogP contribution in [0.15, 0.2) is 0 Å². The van der Waals surface area contributed by atoms with Gasteiger partial charge >= 0.3 is 0 Å². The normalized spacial score (nSPS) is 28.0. The Morgan fingerprint density at radius 3 is 1.96 bits per heavy atom. The first-order valence-corrected chi connectivity index (χ1v) is 8.92. The molecule has 2 aliphatic heterocycles. The van der Waals surface area contributed by atoms with Gasteiger partial charge in [-0.1, -0.05) is 6.92 Å². The summed E-state index contributed by atoms with van der Waals surface area (Å²) in [5, 5.41) is 0. The maximum absolute atomic E-state index is 12.3. The first kappa shape index (κ1) is 23.9. The number of halogens is 2. The Morgan fingerprint density at radius 1 is 1.00 bits per heavy atom. The van der Waals surface area contributed by atoms with E-state index in [1.54, 1.807) is 0 Å². The number of amides is 1. The fraction of sp³-hybridized carbons (Fsp3) is 0.941. The Balaban J connectivity index is 0.00000264. The van der Waals surface area contributed by atoms with Gasteiger partial charge in [0.05, 0.1) is 5.92 Å². The maximum Gasteiger partial charge on any atom is 0.227 e. The third-order valence-electron chi connectivity index (χ3n) is 5.67. The van der Waals surface area contributed by atoms with Crippen LogP contribution in [0.2, 0.25) is 0 Å². The van der Waals surface area contributed by atoms with Gasteiger partial charge in [0.15, 0.2) is 0 Å². The minimum absolute atomic E-state index is 0. The van der Waals surface area contributed by atoms with Crippen molar-refractivity contribution in [1.29, 1.82) is 0 Å². The number of likely N-dealkylation sites (tertiary alicyclic amines) is 1. The lowest BCUT2D eigenvalue weighted by atomic mass is 10.0. The Morgan fingerprint density at radius 2 is 1.50 bits per heavy atom. The highest BCUT2D eigenvalue weighted by atomic mass is 35.5. The summed E-state index contributed by atoms with van der Waals surface area (Å²) < 4.78 is 0. The molecule has 4 unspecified atom stereocenters. The van der Waals surface area contributed by atoms with Gasteiger partial charge in [0.25, 0.3) is 0 Å². The number of carbonyl (C=O) groups is 1. The second-order valence-electron chi connectivity index (χ2n) is 7.33. The second kappa shape index (κ2) is 10.8. The molecule has 4 atom stereocenters. The van der Waals surface area contributed by atoms with Crippen LogP contribution >= 0.6 is 24.8 Å². The van der Waals surface area contributed by atoms with Crippen molar-refractivity contribution < 1.29 is 4.79 Å². The zero-order chi connectivity index (χ0) is 16.3. The first-order chi connectivity index (χ1) is 10.4. The third-order valence-corrected chi connectivity index (χ3v) is 5.67. The summed E-state index contributed by atoms with van der Waals surface area (Å²) in [6.45, 7) is 14.5. The van der Waals surface area contributed by atoms with Crippen LogP contribution in [0.3, 0.4) is 0 Å². The molecule has 0 aliphatic carbocycles. The van der Waals surface area contributed by atoms with Gasteiger partial charge < -0.3 is 10.6 Å². The van der Waals surface area contributed by atoms with Crippen LogP contribution in [0.5, 0.6) is 0 Å². The fourth-order valence-electron chi connectivity index (χ4n) is 3.65. The van der Waals surface area contributed by atoms with Gasteiger partial charge in [-0.25, -0.2) is 0 Å². The fourth-order valence-corrected chi connectivity index (χ4v) is 3.65. The largest absolute Gasteiger partial charge is 0.340 e. The molecule has 0 radical (unpaired) electrons. The first-order valence-electron chi connectivity index (χ1n) is 8.92. The average Bonchev–Trinajstić information content (AvgIpc) is 2.83. The Hall–Kier alpha value is -0.0700. The molecule has 2 rings (SSSR count). The van der Waals surface area contributed by atoms with Crippen LogP contribution in [0, 0.1) is 5.92 Å². The lowest BCUT2D eigenvalue weighted by Gasteiger charge is -2.37. The van der Waals surface area contributed by atoms with E-state index in [2.05, 4.69) is 23.6 Å². The Labute approximate surface area is 160 Å². The highest BCUT2D eigenvalue weighted by Gasteiger charge is 2.29. The van der Waals surface area contributed by atoms with Crippen LogP contribution in [-0.2, 0) is 4.79 Å². The SMILES string of the molecule is CC(N)C(C)C(=O)N1CCN(CCN2C(C)CCC2C)CC1.Cl.Cl. The number of nitrogens with zero attached hydrogens (tertiary/aromatic N) is 3. The summed E-state index contributed by atoms with van der Waals surface area (Å²) in [7, 11) is 0. The number of piperazine rings is 1. The van der Waals surface area contributed by atoms with Crippen molar-refractivity contribution in [2.75, 3.05) is 39.3 Å². The van der Waals surface area contributed by atoms with Crippen molar-refractivity contribution in [3.8, 4) is 0 Å². The molecule has 0 bridgehead atoms. The van der Waals surface area contributed by atoms with Crippen molar-refractivity contribution in [1.82, 2.24) is 14.7 Å². The van der Waals surface area contributed by atoms with E-state index in [1.807, 2.05) is 18.7 Å². The molecule has 24 heavy (non-hydrogen) atoms. The van der Waals surface area contributed by atoms with Crippen LogP contribution < -0.4 is 5.73 Å². The highest BCUT2D eigenvalue weighted by molar-refractivity contribution is 5.85. The molecule has 2 heterocycles. The summed E-state index contributed by atoms with van der Waals surface area (Å²) in [5.41, 5.74) is 5.85. The zero-order valence-corrected chi connectivity index (χ0v) is 17.2. The number of hydrogen-bond donors (Lipinski definition) is 1. The van der Waals surface area contributed by atoms with Gasteiger partial charge in [-0.2, -0.15) is 0 Å². The molecule has 5 nitrogen and oxygen atoms in total. The topological polar surface area (TPSA) is 52.8 Å². The summed E-state index contributed by atoms with van der Waals surface area (Å²) in [6.07, 6.45) is 2.66. The molecule has 0 spiro atoms. The molecule has 0 aromatic rings. The molecule has 144 valence electrons. The van der Waals surface area contributed by atoms with E-state index in [4.69, 9.17) is 5.73 Å². The number of nitrogens with two attached hydrogens (primary N) is 1. The van der Waals surface area contributed by atoms with Gasteiger partial charge in [0, 0.05) is 57.4 Å². The molecular formula is C17H36Cl2N4O. The molecule has 0 aromatic carbocycles. The van der Waals surface area contributed by atoms with Gasteiger partial charge in [-0.05, 0) is 33.6 Å². The van der Waals surface area contributed by atoms with Crippen molar-refractivity contribution in [3.05, 3.63) is 0 Å². The van der Waals surface area contributed by atoms with Crippen LogP contribution in [0.25, 0.3) is 0 Å². The van der Waals surface area contributed by atoms with Crippen LogP contribution in [0.1, 0.15) is 40.5 Å². The number of rotatable bonds is 5. The summed E-state index contributed by atoms with van der Waals surface area (Å²) in [6, 6.07) is 1.39. The molecule has 2 saturated heterocycles. The summed E-state index contributed by atoms with van der Waals surface area (Å²) in [4.78, 5) is 19.4. The molecular weight excluding hydrogens is 347 g/mol. The predicted octanol–water partition coefficient (Wildman–Crippen LogP) is 1.83. The molecule has 2 fully saturated rings. The van der Waals surface area contributed by atoms with E-state index in [0.29, 0.717) is 0 Å². The van der Waals surface area contributed by atoms with Crippen LogP contribution in [0.4, 0.5) is 0 Å². The highest BCUT2D eigenvalue weighted by Crippen LogP contribution is 2.22. The average molecular weight is 383 g/mol. The molecule has 2 N–H and O–H groups in total. The van der Waals surface area contributed by atoms with Gasteiger partial charge in [0.1, 0.15) is 0 Å². The Kier molecular flexibility index (Phi) is 10.8. The van der Waals surface area contributed by atoms with E-state index in [9.17, 15) is 4.79 Å². The van der Waals surface area contributed by atoms with Crippen LogP contribution in [-0.4, -0.2) is 78.0 Å². The standard InChI is InChI=1S/C17H34N4O.2ClH/c1-13-5-6-14(2)21(13)12-9-19-7-10-20(11-8-19)17(22)15(3)16(4)18;;/h13-16H,5-12,18H2,1-4H3;2*1H. The van der Waals surface area contributed by atoms with E-state index >= 15 is 0 Å². The molecule has 0 aromatic heterocycles. The monoisotopic (exact) mass is 382 g/mol.